The zero-order valence-electron chi connectivity index (χ0n) is 10.1. The quantitative estimate of drug-likeness (QED) is 0.828. The Hall–Kier alpha value is -1.35. The molecule has 2 atom stereocenters. The van der Waals surface area contributed by atoms with Gasteiger partial charge in [0.15, 0.2) is 6.10 Å². The van der Waals surface area contributed by atoms with Crippen LogP contribution < -0.4 is 5.32 Å². The van der Waals surface area contributed by atoms with Crippen molar-refractivity contribution in [1.82, 2.24) is 5.32 Å². The average molecular weight is 221 g/mol. The molecule has 0 spiro atoms. The molecule has 1 N–H and O–H groups in total. The Morgan fingerprint density at radius 2 is 2.00 bits per heavy atom. The summed E-state index contributed by atoms with van der Waals surface area (Å²) in [5.74, 6) is -0.0805. The standard InChI is InChI=1S/C13H19NO2/c1-4-10(2)14-13(15)12(16-3)11-8-6-5-7-9-11/h5-10,12H,4H2,1-3H3,(H,14,15)/t10-,12+/m0/s1. The van der Waals surface area contributed by atoms with E-state index < -0.39 is 6.10 Å². The van der Waals surface area contributed by atoms with E-state index in [2.05, 4.69) is 5.32 Å². The van der Waals surface area contributed by atoms with Crippen LogP contribution in [0.3, 0.4) is 0 Å². The smallest absolute Gasteiger partial charge is 0.253 e. The van der Waals surface area contributed by atoms with Crippen LogP contribution in [0, 0.1) is 0 Å². The molecule has 0 bridgehead atoms. The summed E-state index contributed by atoms with van der Waals surface area (Å²) < 4.78 is 5.23. The van der Waals surface area contributed by atoms with E-state index in [0.29, 0.717) is 0 Å². The Bertz CT molecular complexity index is 324. The Morgan fingerprint density at radius 3 is 2.50 bits per heavy atom. The van der Waals surface area contributed by atoms with Crippen molar-refractivity contribution in [1.29, 1.82) is 0 Å². The molecule has 0 saturated heterocycles. The highest BCUT2D eigenvalue weighted by Crippen LogP contribution is 2.16. The molecular formula is C13H19NO2. The van der Waals surface area contributed by atoms with Crippen molar-refractivity contribution in [2.45, 2.75) is 32.4 Å². The first-order chi connectivity index (χ1) is 7.69. The lowest BCUT2D eigenvalue weighted by Crippen LogP contribution is -2.36. The molecule has 3 heteroatoms. The van der Waals surface area contributed by atoms with Gasteiger partial charge >= 0.3 is 0 Å². The Balaban J connectivity index is 2.71. The van der Waals surface area contributed by atoms with Crippen LogP contribution in [0.4, 0.5) is 0 Å². The zero-order valence-corrected chi connectivity index (χ0v) is 10.1. The second-order valence-electron chi connectivity index (χ2n) is 3.84. The van der Waals surface area contributed by atoms with E-state index in [9.17, 15) is 4.79 Å². The number of nitrogens with one attached hydrogen (secondary N) is 1. The average Bonchev–Trinajstić information content (AvgIpc) is 2.31. The number of hydrogen-bond donors (Lipinski definition) is 1. The number of carbonyl (C=O) groups excluding carboxylic acids is 1. The van der Waals surface area contributed by atoms with Gasteiger partial charge in [-0.2, -0.15) is 0 Å². The third kappa shape index (κ3) is 3.35. The number of amides is 1. The minimum absolute atomic E-state index is 0.0805. The van der Waals surface area contributed by atoms with Crippen molar-refractivity contribution in [2.75, 3.05) is 7.11 Å². The summed E-state index contributed by atoms with van der Waals surface area (Å²) in [5, 5.41) is 2.92. The fourth-order valence-corrected chi connectivity index (χ4v) is 1.44. The second-order valence-corrected chi connectivity index (χ2v) is 3.84. The number of ether oxygens (including phenoxy) is 1. The number of hydrogen-bond acceptors (Lipinski definition) is 2. The summed E-state index contributed by atoms with van der Waals surface area (Å²) in [6, 6.07) is 9.68. The summed E-state index contributed by atoms with van der Waals surface area (Å²) in [6.45, 7) is 4.02. The summed E-state index contributed by atoms with van der Waals surface area (Å²) in [5.41, 5.74) is 0.880. The monoisotopic (exact) mass is 221 g/mol. The normalized spacial score (nSPS) is 14.2. The SMILES string of the molecule is CC[C@H](C)NC(=O)[C@H](OC)c1ccccc1. The summed E-state index contributed by atoms with van der Waals surface area (Å²) in [6.07, 6.45) is 0.395. The van der Waals surface area contributed by atoms with Gasteiger partial charge in [0.05, 0.1) is 0 Å². The van der Waals surface area contributed by atoms with E-state index in [-0.39, 0.29) is 11.9 Å². The number of rotatable bonds is 5. The largest absolute Gasteiger partial charge is 0.367 e. The molecule has 0 aliphatic carbocycles. The molecule has 0 radical (unpaired) electrons. The maximum atomic E-state index is 11.9. The number of carbonyl (C=O) groups is 1. The highest BCUT2D eigenvalue weighted by molar-refractivity contribution is 5.82. The van der Waals surface area contributed by atoms with Crippen LogP contribution in [-0.2, 0) is 9.53 Å². The molecule has 0 aromatic heterocycles. The van der Waals surface area contributed by atoms with Crippen molar-refractivity contribution in [3.63, 3.8) is 0 Å². The first-order valence-corrected chi connectivity index (χ1v) is 5.57. The highest BCUT2D eigenvalue weighted by Gasteiger charge is 2.20. The van der Waals surface area contributed by atoms with Gasteiger partial charge in [-0.25, -0.2) is 0 Å². The van der Waals surface area contributed by atoms with Crippen LogP contribution in [-0.4, -0.2) is 19.1 Å². The van der Waals surface area contributed by atoms with Gasteiger partial charge in [-0.15, -0.1) is 0 Å². The number of benzene rings is 1. The molecule has 3 nitrogen and oxygen atoms in total. The van der Waals surface area contributed by atoms with Crippen LogP contribution in [0.2, 0.25) is 0 Å². The van der Waals surface area contributed by atoms with E-state index >= 15 is 0 Å². The Kier molecular flexibility index (Phi) is 4.99. The van der Waals surface area contributed by atoms with Crippen LogP contribution in [0.15, 0.2) is 30.3 Å². The minimum Gasteiger partial charge on any atom is -0.367 e. The van der Waals surface area contributed by atoms with Gasteiger partial charge in [-0.3, -0.25) is 4.79 Å². The number of methoxy groups -OCH3 is 1. The van der Waals surface area contributed by atoms with E-state index in [1.54, 1.807) is 7.11 Å². The molecule has 0 aliphatic rings. The fraction of sp³-hybridized carbons (Fsp3) is 0.462. The Morgan fingerprint density at radius 1 is 1.38 bits per heavy atom. The minimum atomic E-state index is -0.518. The molecular weight excluding hydrogens is 202 g/mol. The van der Waals surface area contributed by atoms with Crippen molar-refractivity contribution < 1.29 is 9.53 Å². The van der Waals surface area contributed by atoms with Crippen molar-refractivity contribution >= 4 is 5.91 Å². The zero-order chi connectivity index (χ0) is 12.0. The van der Waals surface area contributed by atoms with E-state index in [4.69, 9.17) is 4.74 Å². The molecule has 1 rings (SSSR count). The molecule has 1 aromatic carbocycles. The van der Waals surface area contributed by atoms with Crippen LogP contribution in [0.1, 0.15) is 31.9 Å². The molecule has 16 heavy (non-hydrogen) atoms. The highest BCUT2D eigenvalue weighted by atomic mass is 16.5. The van der Waals surface area contributed by atoms with E-state index in [1.165, 1.54) is 0 Å². The van der Waals surface area contributed by atoms with Gasteiger partial charge < -0.3 is 10.1 Å². The van der Waals surface area contributed by atoms with Crippen LogP contribution in [0.5, 0.6) is 0 Å². The molecule has 0 aliphatic heterocycles. The van der Waals surface area contributed by atoms with Crippen molar-refractivity contribution in [2.24, 2.45) is 0 Å². The Labute approximate surface area is 96.8 Å². The molecule has 0 unspecified atom stereocenters. The fourth-order valence-electron chi connectivity index (χ4n) is 1.44. The molecule has 0 fully saturated rings. The van der Waals surface area contributed by atoms with Gasteiger partial charge in [-0.05, 0) is 18.9 Å². The first-order valence-electron chi connectivity index (χ1n) is 5.57. The summed E-state index contributed by atoms with van der Waals surface area (Å²) in [7, 11) is 1.55. The van der Waals surface area contributed by atoms with E-state index in [1.807, 2.05) is 44.2 Å². The molecule has 1 aromatic rings. The van der Waals surface area contributed by atoms with Gasteiger partial charge in [0.25, 0.3) is 5.91 Å². The van der Waals surface area contributed by atoms with Gasteiger partial charge in [0, 0.05) is 13.2 Å². The topological polar surface area (TPSA) is 38.3 Å². The molecule has 0 saturated carbocycles. The maximum absolute atomic E-state index is 11.9. The summed E-state index contributed by atoms with van der Waals surface area (Å²) in [4.78, 5) is 11.9. The van der Waals surface area contributed by atoms with Crippen molar-refractivity contribution in [3.05, 3.63) is 35.9 Å². The predicted octanol–water partition coefficient (Wildman–Crippen LogP) is 2.29. The maximum Gasteiger partial charge on any atom is 0.253 e. The second kappa shape index (κ2) is 6.28. The van der Waals surface area contributed by atoms with Gasteiger partial charge in [0.2, 0.25) is 0 Å². The van der Waals surface area contributed by atoms with Crippen LogP contribution >= 0.6 is 0 Å². The first kappa shape index (κ1) is 12.7. The van der Waals surface area contributed by atoms with Crippen LogP contribution in [0.25, 0.3) is 0 Å². The lowest BCUT2D eigenvalue weighted by atomic mass is 10.1. The summed E-state index contributed by atoms with van der Waals surface area (Å²) >= 11 is 0. The molecule has 0 heterocycles. The lowest BCUT2D eigenvalue weighted by molar-refractivity contribution is -0.132. The van der Waals surface area contributed by atoms with E-state index in [0.717, 1.165) is 12.0 Å². The third-order valence-corrected chi connectivity index (χ3v) is 2.58. The van der Waals surface area contributed by atoms with Crippen molar-refractivity contribution in [3.8, 4) is 0 Å². The molecule has 1 amide bonds. The van der Waals surface area contributed by atoms with Gasteiger partial charge in [0.1, 0.15) is 0 Å². The predicted molar refractivity (Wildman–Crippen MR) is 64.1 cm³/mol. The molecule has 88 valence electrons. The van der Waals surface area contributed by atoms with Gasteiger partial charge in [-0.1, -0.05) is 37.3 Å². The third-order valence-electron chi connectivity index (χ3n) is 2.58. The lowest BCUT2D eigenvalue weighted by Gasteiger charge is -2.18.